The van der Waals surface area contributed by atoms with Gasteiger partial charge in [-0.3, -0.25) is 46.9 Å². The van der Waals surface area contributed by atoms with Crippen LogP contribution in [0.15, 0.2) is 24.3 Å². The number of rotatable bonds is 79. The quantitative estimate of drug-likeness (QED) is 0.0121. The number of aliphatic hydroxyl groups excluding tert-OH is 2. The van der Waals surface area contributed by atoms with Crippen LogP contribution in [0.5, 0.6) is 0 Å². The number of phosphoric acid groups is 2. The number of esters is 2. The molecule has 6 unspecified atom stereocenters. The van der Waals surface area contributed by atoms with E-state index in [0.29, 0.717) is 64.2 Å². The molecule has 0 heterocycles. The van der Waals surface area contributed by atoms with Crippen molar-refractivity contribution >= 4 is 51.2 Å². The first-order valence-corrected chi connectivity index (χ1v) is 44.8. The summed E-state index contributed by atoms with van der Waals surface area (Å²) in [7, 11) is -9.45. The van der Waals surface area contributed by atoms with Gasteiger partial charge in [-0.25, -0.2) is 9.13 Å². The Morgan fingerprint density at radius 2 is 0.651 bits per heavy atom. The molecular weight excluding hydrogens is 1400 g/mol. The van der Waals surface area contributed by atoms with Crippen LogP contribution in [0.25, 0.3) is 0 Å². The number of hydrogen-bond acceptors (Lipinski definition) is 18. The number of allylic oxidation sites excluding steroid dienone is 4. The van der Waals surface area contributed by atoms with E-state index >= 15 is 0 Å². The molecule has 0 bridgehead atoms. The molecular formula is C80H152N4O20P2. The van der Waals surface area contributed by atoms with Crippen molar-refractivity contribution in [3.05, 3.63) is 24.3 Å². The summed E-state index contributed by atoms with van der Waals surface area (Å²) in [5, 5.41) is 32.0. The van der Waals surface area contributed by atoms with Gasteiger partial charge in [0.15, 0.2) is 0 Å². The Morgan fingerprint density at radius 3 is 0.991 bits per heavy atom. The second-order valence-corrected chi connectivity index (χ2v) is 31.4. The van der Waals surface area contributed by atoms with Gasteiger partial charge in [0, 0.05) is 52.0 Å². The molecule has 622 valence electrons. The minimum Gasteiger partial charge on any atom is -0.462 e. The maximum Gasteiger partial charge on any atom is 0.472 e. The predicted molar refractivity (Wildman–Crippen MR) is 421 cm³/mol. The number of amides is 4. The van der Waals surface area contributed by atoms with Crippen LogP contribution in [0.1, 0.15) is 350 Å². The van der Waals surface area contributed by atoms with Crippen molar-refractivity contribution in [2.75, 3.05) is 65.9 Å². The average Bonchev–Trinajstić information content (AvgIpc) is 0.949. The van der Waals surface area contributed by atoms with E-state index in [0.717, 1.165) is 167 Å². The molecule has 0 spiro atoms. The zero-order chi connectivity index (χ0) is 78.3. The van der Waals surface area contributed by atoms with Crippen molar-refractivity contribution in [3.63, 3.8) is 0 Å². The van der Waals surface area contributed by atoms with Crippen LogP contribution in [0.4, 0.5) is 0 Å². The third-order valence-corrected chi connectivity index (χ3v) is 20.1. The van der Waals surface area contributed by atoms with Crippen LogP contribution in [0.3, 0.4) is 0 Å². The maximum absolute atomic E-state index is 13.6. The molecule has 0 aliphatic rings. The summed E-state index contributed by atoms with van der Waals surface area (Å²) < 4.78 is 70.7. The average molecular weight is 1550 g/mol. The fraction of sp³-hybridized carbons (Fsp3) is 0.875. The number of carbonyl (C=O) groups is 6. The molecule has 8 N–H and O–H groups in total. The summed E-state index contributed by atoms with van der Waals surface area (Å²) >= 11 is 0. The van der Waals surface area contributed by atoms with Crippen molar-refractivity contribution in [2.45, 2.75) is 386 Å². The van der Waals surface area contributed by atoms with Gasteiger partial charge < -0.3 is 60.2 Å². The fourth-order valence-electron chi connectivity index (χ4n) is 11.7. The Bertz CT molecular complexity index is 2150. The molecule has 0 saturated carbocycles. The molecule has 0 aromatic heterocycles. The molecule has 0 aromatic rings. The number of phosphoric ester groups is 2. The summed E-state index contributed by atoms with van der Waals surface area (Å²) in [5.74, 6) is -2.46. The van der Waals surface area contributed by atoms with Crippen molar-refractivity contribution in [1.29, 1.82) is 0 Å². The Hall–Kier alpha value is -3.64. The van der Waals surface area contributed by atoms with Crippen LogP contribution in [-0.2, 0) is 74.9 Å². The summed E-state index contributed by atoms with van der Waals surface area (Å²) in [4.78, 5) is 100. The van der Waals surface area contributed by atoms with E-state index in [4.69, 9.17) is 37.0 Å². The largest absolute Gasteiger partial charge is 0.472 e. The standard InChI is InChI=1S/C80H152N4O20P2/c1-7-13-19-25-27-29-31-37-43-53-79(91)103-73(49-41-35-23-17-11-5)63-77(89)83-69(65-97-59-55-71(85)47-39-33-21-15-9-3)67-101-105(93,94)99-61-57-81-75(87)51-45-46-52-76(88)82-58-62-100-106(95,96)102-68-70(66-98-60-56-72(86)48-40-34-22-16-10-4)84-78(90)64-74(50-42-36-24-18-12-6)104-80(92)54-44-38-32-30-28-26-20-14-8-2/h29-32,69-74,85-86H,7-28,33-68H2,1-6H3,(H,81,87)(H,82,88)(H,83,89)(H,84,90)(H,93,94)(H,95,96)/t69?,70?,71?,72?,73-,74-/m1/s1. The van der Waals surface area contributed by atoms with Gasteiger partial charge in [0.25, 0.3) is 0 Å². The van der Waals surface area contributed by atoms with Gasteiger partial charge >= 0.3 is 27.6 Å². The highest BCUT2D eigenvalue weighted by Gasteiger charge is 2.29. The third-order valence-electron chi connectivity index (χ3n) is 18.1. The van der Waals surface area contributed by atoms with E-state index in [2.05, 4.69) is 87.1 Å². The van der Waals surface area contributed by atoms with Gasteiger partial charge in [0.2, 0.25) is 23.6 Å². The summed E-state index contributed by atoms with van der Waals surface area (Å²) in [6.45, 7) is 11.0. The Labute approximate surface area is 641 Å². The van der Waals surface area contributed by atoms with Crippen molar-refractivity contribution in [3.8, 4) is 0 Å². The highest BCUT2D eigenvalue weighted by Crippen LogP contribution is 2.44. The molecule has 106 heavy (non-hydrogen) atoms. The second kappa shape index (κ2) is 72.9. The normalized spacial score (nSPS) is 14.6. The van der Waals surface area contributed by atoms with Crippen LogP contribution in [0, 0.1) is 0 Å². The lowest BCUT2D eigenvalue weighted by atomic mass is 10.1. The number of aliphatic hydroxyl groups is 2. The number of ether oxygens (including phenoxy) is 4. The first kappa shape index (κ1) is 102. The Morgan fingerprint density at radius 1 is 0.340 bits per heavy atom. The number of nitrogens with one attached hydrogen (secondary N) is 4. The van der Waals surface area contributed by atoms with E-state index in [-0.39, 0.29) is 90.0 Å². The van der Waals surface area contributed by atoms with Gasteiger partial charge in [0.1, 0.15) is 12.2 Å². The molecule has 0 rings (SSSR count). The first-order valence-electron chi connectivity index (χ1n) is 41.8. The second-order valence-electron chi connectivity index (χ2n) is 28.5. The van der Waals surface area contributed by atoms with Gasteiger partial charge in [0.05, 0.1) is 76.8 Å². The lowest BCUT2D eigenvalue weighted by molar-refractivity contribution is -0.152. The van der Waals surface area contributed by atoms with Gasteiger partial charge in [-0.05, 0) is 116 Å². The molecule has 0 saturated heterocycles. The summed E-state index contributed by atoms with van der Waals surface area (Å²) in [6.07, 6.45) is 44.6. The van der Waals surface area contributed by atoms with Crippen molar-refractivity contribution < 1.29 is 94.9 Å². The maximum atomic E-state index is 13.6. The molecule has 0 aliphatic carbocycles. The van der Waals surface area contributed by atoms with Crippen molar-refractivity contribution in [2.24, 2.45) is 0 Å². The third kappa shape index (κ3) is 69.5. The monoisotopic (exact) mass is 1550 g/mol. The fourth-order valence-corrected chi connectivity index (χ4v) is 13.2. The molecule has 4 amide bonds. The van der Waals surface area contributed by atoms with Crippen LogP contribution >= 0.6 is 15.6 Å². The van der Waals surface area contributed by atoms with Crippen LogP contribution in [-0.4, -0.2) is 158 Å². The van der Waals surface area contributed by atoms with Gasteiger partial charge in [-0.2, -0.15) is 0 Å². The minimum atomic E-state index is -4.72. The van der Waals surface area contributed by atoms with E-state index in [1.54, 1.807) is 0 Å². The number of unbranched alkanes of at least 4 members (excludes halogenated alkanes) is 27. The topological polar surface area (TPSA) is 339 Å². The van der Waals surface area contributed by atoms with E-state index in [1.165, 1.54) is 38.5 Å². The molecule has 0 fully saturated rings. The molecule has 0 aromatic carbocycles. The smallest absolute Gasteiger partial charge is 0.462 e. The zero-order valence-corrected chi connectivity index (χ0v) is 68.8. The number of hydrogen-bond donors (Lipinski definition) is 8. The lowest BCUT2D eigenvalue weighted by Crippen LogP contribution is -2.43. The molecule has 0 aliphatic heterocycles. The molecule has 24 nitrogen and oxygen atoms in total. The minimum absolute atomic E-state index is 0.0281. The summed E-state index contributed by atoms with van der Waals surface area (Å²) in [6, 6.07) is -1.84. The first-order chi connectivity index (χ1) is 51.2. The van der Waals surface area contributed by atoms with E-state index < -0.39 is 102 Å². The van der Waals surface area contributed by atoms with Gasteiger partial charge in [-0.1, -0.05) is 220 Å². The SMILES string of the molecule is CCCCCCC=CCCCC(=O)O[C@H](CCCCCCC)CC(=O)NC(COCCC(O)CCCCCCC)COP(=O)(O)OCCNC(=O)CCCCC(=O)NCCOP(=O)(O)OCC(COCCC(O)CCCCCCC)NC(=O)C[C@@H](CCCCCCC)OC(=O)CCCC=CCCCCCC. The van der Waals surface area contributed by atoms with Crippen LogP contribution < -0.4 is 21.3 Å². The molecule has 8 atom stereocenters. The van der Waals surface area contributed by atoms with E-state index in [9.17, 15) is 57.9 Å². The van der Waals surface area contributed by atoms with Crippen LogP contribution in [0.2, 0.25) is 0 Å². The molecule has 26 heteroatoms. The zero-order valence-electron chi connectivity index (χ0n) is 67.0. The van der Waals surface area contributed by atoms with Gasteiger partial charge in [-0.15, -0.1) is 0 Å². The predicted octanol–water partition coefficient (Wildman–Crippen LogP) is 17.0. The summed E-state index contributed by atoms with van der Waals surface area (Å²) in [5.41, 5.74) is 0. The highest BCUT2D eigenvalue weighted by atomic mass is 31.2. The van der Waals surface area contributed by atoms with E-state index in [1.807, 2.05) is 0 Å². The van der Waals surface area contributed by atoms with Crippen molar-refractivity contribution in [1.82, 2.24) is 21.3 Å². The Balaban J connectivity index is 5.42. The highest BCUT2D eigenvalue weighted by molar-refractivity contribution is 7.47. The molecule has 0 radical (unpaired) electrons. The number of carbonyl (C=O) groups excluding carboxylic acids is 6. The Kier molecular flexibility index (Phi) is 70.4. The lowest BCUT2D eigenvalue weighted by Gasteiger charge is -2.23.